The van der Waals surface area contributed by atoms with Crippen LogP contribution in [0.4, 0.5) is 0 Å². The zero-order chi connectivity index (χ0) is 11.4. The van der Waals surface area contributed by atoms with Crippen LogP contribution in [-0.4, -0.2) is 5.11 Å². The quantitative estimate of drug-likeness (QED) is 0.826. The lowest BCUT2D eigenvalue weighted by Crippen LogP contribution is -1.80. The molecule has 1 unspecified atom stereocenters. The Morgan fingerprint density at radius 1 is 1.00 bits per heavy atom. The molecule has 0 aromatic heterocycles. The fourth-order valence-corrected chi connectivity index (χ4v) is 1.72. The second kappa shape index (κ2) is 4.77. The number of hydrogen-bond donors (Lipinski definition) is 1. The van der Waals surface area contributed by atoms with Crippen molar-refractivity contribution in [3.63, 3.8) is 0 Å². The highest BCUT2D eigenvalue weighted by Gasteiger charge is 2.08. The van der Waals surface area contributed by atoms with Crippen molar-refractivity contribution in [1.29, 1.82) is 0 Å². The van der Waals surface area contributed by atoms with Crippen LogP contribution >= 0.6 is 8.69 Å². The third kappa shape index (κ3) is 2.20. The normalized spacial score (nSPS) is 10.2. The van der Waals surface area contributed by atoms with Gasteiger partial charge in [0, 0.05) is 0 Å². The molecule has 4 heteroatoms. The fraction of sp³-hybridized carbons (Fsp3) is 0. The second-order valence-corrected chi connectivity index (χ2v) is 3.60. The Bertz CT molecular complexity index is 497. The molecule has 0 bridgehead atoms. The van der Waals surface area contributed by atoms with E-state index in [0.717, 1.165) is 11.1 Å². The molecule has 2 aromatic carbocycles. The van der Waals surface area contributed by atoms with Crippen molar-refractivity contribution in [3.05, 3.63) is 48.5 Å². The predicted molar refractivity (Wildman–Crippen MR) is 63.2 cm³/mol. The molecule has 1 N–H and O–H groups in total. The van der Waals surface area contributed by atoms with Crippen LogP contribution in [0.15, 0.2) is 48.5 Å². The van der Waals surface area contributed by atoms with E-state index >= 15 is 0 Å². The van der Waals surface area contributed by atoms with Gasteiger partial charge in [-0.25, -0.2) is 0 Å². The molecule has 0 aliphatic rings. The summed E-state index contributed by atoms with van der Waals surface area (Å²) >= 11 is 0. The van der Waals surface area contributed by atoms with Gasteiger partial charge in [0.1, 0.15) is 0 Å². The van der Waals surface area contributed by atoms with Gasteiger partial charge in [0.25, 0.3) is 0 Å². The Balaban J connectivity index is 2.38. The number of hydrogen-bond acceptors (Lipinski definition) is 3. The Kier molecular flexibility index (Phi) is 3.18. The summed E-state index contributed by atoms with van der Waals surface area (Å²) in [5.74, 6) is 0.220. The number of benzene rings is 2. The maximum Gasteiger partial charge on any atom is 0.542 e. The zero-order valence-electron chi connectivity index (χ0n) is 8.38. The van der Waals surface area contributed by atoms with E-state index < -0.39 is 8.69 Å². The van der Waals surface area contributed by atoms with Crippen LogP contribution in [-0.2, 0) is 4.57 Å². The predicted octanol–water partition coefficient (Wildman–Crippen LogP) is 3.38. The van der Waals surface area contributed by atoms with Crippen LogP contribution in [0, 0.1) is 0 Å². The minimum Gasteiger partial charge on any atom is -0.504 e. The summed E-state index contributed by atoms with van der Waals surface area (Å²) in [6.45, 7) is 0. The first-order valence-corrected chi connectivity index (χ1v) is 5.55. The van der Waals surface area contributed by atoms with E-state index in [4.69, 9.17) is 4.52 Å². The van der Waals surface area contributed by atoms with Gasteiger partial charge in [0.15, 0.2) is 5.75 Å². The summed E-state index contributed by atoms with van der Waals surface area (Å²) in [4.78, 5) is 0. The lowest BCUT2D eigenvalue weighted by Gasteiger charge is -2.03. The fourth-order valence-electron chi connectivity index (χ4n) is 1.46. The van der Waals surface area contributed by atoms with Crippen LogP contribution in [0.25, 0.3) is 11.1 Å². The third-order valence-electron chi connectivity index (χ3n) is 2.22. The summed E-state index contributed by atoms with van der Waals surface area (Å²) in [5, 5.41) is 9.62. The first kappa shape index (κ1) is 10.7. The number of aromatic hydroxyl groups is 1. The molecule has 16 heavy (non-hydrogen) atoms. The standard InChI is InChI=1S/C12H9O3P/c13-11-8-10(6-7-12(11)15-16-14)9-4-2-1-3-5-9/h1-8,16H/p+1. The van der Waals surface area contributed by atoms with Crippen LogP contribution in [0.1, 0.15) is 0 Å². The molecule has 0 radical (unpaired) electrons. The molecule has 0 aliphatic carbocycles. The monoisotopic (exact) mass is 233 g/mol. The van der Waals surface area contributed by atoms with E-state index in [0.29, 0.717) is 0 Å². The molecule has 1 atom stereocenters. The Hall–Kier alpha value is -1.86. The molecule has 0 heterocycles. The first-order valence-electron chi connectivity index (χ1n) is 4.73. The molecule has 0 saturated heterocycles. The Morgan fingerprint density at radius 2 is 1.75 bits per heavy atom. The third-order valence-corrected chi connectivity index (χ3v) is 2.52. The van der Waals surface area contributed by atoms with E-state index in [1.165, 1.54) is 0 Å². The average Bonchev–Trinajstić information content (AvgIpc) is 2.33. The molecule has 2 aromatic rings. The van der Waals surface area contributed by atoms with Gasteiger partial charge in [0.05, 0.1) is 0 Å². The lowest BCUT2D eigenvalue weighted by atomic mass is 10.1. The maximum absolute atomic E-state index is 10.3. The molecule has 0 spiro atoms. The highest BCUT2D eigenvalue weighted by Crippen LogP contribution is 2.32. The number of phenolic OH excluding ortho intramolecular Hbond substituents is 1. The minimum atomic E-state index is -0.915. The molecule has 0 aliphatic heterocycles. The second-order valence-electron chi connectivity index (χ2n) is 3.23. The van der Waals surface area contributed by atoms with E-state index in [2.05, 4.69) is 0 Å². The van der Waals surface area contributed by atoms with Gasteiger partial charge < -0.3 is 5.11 Å². The zero-order valence-corrected chi connectivity index (χ0v) is 9.38. The van der Waals surface area contributed by atoms with Gasteiger partial charge in [-0.15, -0.1) is 0 Å². The molecule has 3 nitrogen and oxygen atoms in total. The van der Waals surface area contributed by atoms with E-state index in [1.54, 1.807) is 12.1 Å². The van der Waals surface area contributed by atoms with Crippen molar-refractivity contribution < 1.29 is 14.2 Å². The maximum atomic E-state index is 10.3. The first-order chi connectivity index (χ1) is 7.81. The van der Waals surface area contributed by atoms with Gasteiger partial charge in [-0.3, -0.25) is 4.52 Å². The van der Waals surface area contributed by atoms with E-state index in [9.17, 15) is 9.67 Å². The van der Waals surface area contributed by atoms with Gasteiger partial charge >= 0.3 is 8.69 Å². The molecule has 0 amide bonds. The highest BCUT2D eigenvalue weighted by molar-refractivity contribution is 7.17. The highest BCUT2D eigenvalue weighted by atomic mass is 31.1. The summed E-state index contributed by atoms with van der Waals surface area (Å²) in [7, 11) is -0.915. The summed E-state index contributed by atoms with van der Waals surface area (Å²) in [6.07, 6.45) is 0. The van der Waals surface area contributed by atoms with Crippen molar-refractivity contribution in [3.8, 4) is 22.6 Å². The average molecular weight is 233 g/mol. The molecule has 0 fully saturated rings. The van der Waals surface area contributed by atoms with Gasteiger partial charge in [0.2, 0.25) is 5.75 Å². The smallest absolute Gasteiger partial charge is 0.504 e. The van der Waals surface area contributed by atoms with Crippen molar-refractivity contribution >= 4 is 8.69 Å². The van der Waals surface area contributed by atoms with Crippen molar-refractivity contribution in [1.82, 2.24) is 0 Å². The summed E-state index contributed by atoms with van der Waals surface area (Å²) in [6, 6.07) is 14.7. The largest absolute Gasteiger partial charge is 0.542 e. The van der Waals surface area contributed by atoms with Crippen LogP contribution < -0.4 is 4.52 Å². The Morgan fingerprint density at radius 3 is 2.38 bits per heavy atom. The van der Waals surface area contributed by atoms with Crippen molar-refractivity contribution in [2.24, 2.45) is 0 Å². The van der Waals surface area contributed by atoms with Crippen molar-refractivity contribution in [2.45, 2.75) is 0 Å². The molecule has 2 rings (SSSR count). The molecular weight excluding hydrogens is 223 g/mol. The summed E-state index contributed by atoms with van der Waals surface area (Å²) < 4.78 is 15.1. The van der Waals surface area contributed by atoms with Crippen LogP contribution in [0.3, 0.4) is 0 Å². The lowest BCUT2D eigenvalue weighted by molar-refractivity contribution is 0.441. The number of rotatable bonds is 3. The topological polar surface area (TPSA) is 46.5 Å². The van der Waals surface area contributed by atoms with Crippen LogP contribution in [0.2, 0.25) is 0 Å². The number of phenols is 1. The SMILES string of the molecule is O=[PH+]Oc1ccc(-c2ccccc2)cc1O. The van der Waals surface area contributed by atoms with E-state index in [1.807, 2.05) is 36.4 Å². The van der Waals surface area contributed by atoms with Crippen molar-refractivity contribution in [2.75, 3.05) is 0 Å². The molecule has 0 saturated carbocycles. The van der Waals surface area contributed by atoms with E-state index in [-0.39, 0.29) is 11.5 Å². The minimum absolute atomic E-state index is 0.00953. The summed E-state index contributed by atoms with van der Waals surface area (Å²) in [5.41, 5.74) is 1.90. The van der Waals surface area contributed by atoms with Gasteiger partial charge in [-0.1, -0.05) is 36.4 Å². The Labute approximate surface area is 94.6 Å². The molecular formula is C12H10O3P+. The molecule has 80 valence electrons. The van der Waals surface area contributed by atoms with Crippen LogP contribution in [0.5, 0.6) is 11.5 Å². The van der Waals surface area contributed by atoms with Gasteiger partial charge in [-0.2, -0.15) is 0 Å². The van der Waals surface area contributed by atoms with Gasteiger partial charge in [-0.05, 0) is 27.8 Å².